The molecule has 0 bridgehead atoms. The van der Waals surface area contributed by atoms with Gasteiger partial charge in [-0.3, -0.25) is 4.79 Å². The van der Waals surface area contributed by atoms with Gasteiger partial charge in [-0.2, -0.15) is 0 Å². The second-order valence-electron chi connectivity index (χ2n) is 5.07. The molecule has 0 aliphatic heterocycles. The number of anilines is 1. The van der Waals surface area contributed by atoms with Crippen LogP contribution in [0.25, 0.3) is 0 Å². The van der Waals surface area contributed by atoms with Gasteiger partial charge in [-0.05, 0) is 57.0 Å². The summed E-state index contributed by atoms with van der Waals surface area (Å²) in [4.78, 5) is 14.2. The Morgan fingerprint density at radius 3 is 2.53 bits per heavy atom. The number of benzene rings is 1. The van der Waals surface area contributed by atoms with Gasteiger partial charge in [-0.25, -0.2) is 0 Å². The third-order valence-corrected chi connectivity index (χ3v) is 3.66. The molecule has 104 valence electrons. The largest absolute Gasteiger partial charge is 0.497 e. The number of methoxy groups -OCH3 is 1. The summed E-state index contributed by atoms with van der Waals surface area (Å²) in [7, 11) is 3.44. The zero-order valence-electron chi connectivity index (χ0n) is 11.8. The van der Waals surface area contributed by atoms with Crippen molar-refractivity contribution < 1.29 is 9.53 Å². The summed E-state index contributed by atoms with van der Waals surface area (Å²) in [6.45, 7) is 2.50. The summed E-state index contributed by atoms with van der Waals surface area (Å²) in [5.74, 6) is 1.57. The predicted octanol–water partition coefficient (Wildman–Crippen LogP) is 2.05. The Balaban J connectivity index is 2.21. The summed E-state index contributed by atoms with van der Waals surface area (Å²) in [6.07, 6.45) is 2.45. The summed E-state index contributed by atoms with van der Waals surface area (Å²) < 4.78 is 5.16. The maximum absolute atomic E-state index is 12.3. The summed E-state index contributed by atoms with van der Waals surface area (Å²) in [5, 5.41) is 2.94. The average Bonchev–Trinajstić information content (AvgIpc) is 3.24. The Morgan fingerprint density at radius 2 is 2.05 bits per heavy atom. The molecule has 4 nitrogen and oxygen atoms in total. The highest BCUT2D eigenvalue weighted by atomic mass is 16.5. The molecule has 0 heterocycles. The molecule has 1 aliphatic carbocycles. The van der Waals surface area contributed by atoms with E-state index in [1.54, 1.807) is 14.2 Å². The van der Waals surface area contributed by atoms with E-state index in [9.17, 15) is 4.79 Å². The van der Waals surface area contributed by atoms with E-state index < -0.39 is 0 Å². The lowest BCUT2D eigenvalue weighted by molar-refractivity contribution is -0.118. The molecule has 1 fully saturated rings. The Hall–Kier alpha value is -1.55. The lowest BCUT2D eigenvalue weighted by atomic mass is 10.1. The van der Waals surface area contributed by atoms with Crippen LogP contribution in [0.4, 0.5) is 5.69 Å². The molecule has 19 heavy (non-hydrogen) atoms. The Labute approximate surface area is 114 Å². The fourth-order valence-corrected chi connectivity index (χ4v) is 2.37. The van der Waals surface area contributed by atoms with E-state index in [1.807, 2.05) is 29.2 Å². The minimum absolute atomic E-state index is 0.118. The molecular weight excluding hydrogens is 240 g/mol. The second-order valence-corrected chi connectivity index (χ2v) is 5.07. The molecule has 1 atom stereocenters. The van der Waals surface area contributed by atoms with Crippen molar-refractivity contribution >= 4 is 11.6 Å². The first-order valence-corrected chi connectivity index (χ1v) is 6.78. The number of amides is 1. The third-order valence-electron chi connectivity index (χ3n) is 3.66. The van der Waals surface area contributed by atoms with E-state index in [-0.39, 0.29) is 11.9 Å². The molecule has 1 aliphatic rings. The van der Waals surface area contributed by atoms with E-state index in [4.69, 9.17) is 4.74 Å². The summed E-state index contributed by atoms with van der Waals surface area (Å²) in [6, 6.07) is 7.95. The fourth-order valence-electron chi connectivity index (χ4n) is 2.37. The SMILES string of the molecule is CNCC(=O)N(c1ccc(OC)cc1)C(C)C1CC1. The maximum Gasteiger partial charge on any atom is 0.241 e. The average molecular weight is 262 g/mol. The number of ether oxygens (including phenoxy) is 1. The van der Waals surface area contributed by atoms with Crippen molar-refractivity contribution in [3.05, 3.63) is 24.3 Å². The number of hydrogen-bond donors (Lipinski definition) is 1. The highest BCUT2D eigenvalue weighted by molar-refractivity contribution is 5.95. The minimum atomic E-state index is 0.118. The van der Waals surface area contributed by atoms with Crippen molar-refractivity contribution in [2.45, 2.75) is 25.8 Å². The first-order valence-electron chi connectivity index (χ1n) is 6.78. The maximum atomic E-state index is 12.3. The Bertz CT molecular complexity index is 426. The van der Waals surface area contributed by atoms with Gasteiger partial charge < -0.3 is 15.0 Å². The van der Waals surface area contributed by atoms with Crippen LogP contribution in [0, 0.1) is 5.92 Å². The molecule has 0 saturated heterocycles. The van der Waals surface area contributed by atoms with Crippen LogP contribution >= 0.6 is 0 Å². The molecule has 1 aromatic carbocycles. The Morgan fingerprint density at radius 1 is 1.42 bits per heavy atom. The predicted molar refractivity (Wildman–Crippen MR) is 76.6 cm³/mol. The van der Waals surface area contributed by atoms with E-state index in [0.717, 1.165) is 11.4 Å². The van der Waals surface area contributed by atoms with Gasteiger partial charge in [-0.1, -0.05) is 0 Å². The van der Waals surface area contributed by atoms with Gasteiger partial charge in [-0.15, -0.1) is 0 Å². The van der Waals surface area contributed by atoms with Gasteiger partial charge in [0.1, 0.15) is 5.75 Å². The van der Waals surface area contributed by atoms with Crippen molar-refractivity contribution in [3.8, 4) is 5.75 Å². The number of hydrogen-bond acceptors (Lipinski definition) is 3. The van der Waals surface area contributed by atoms with Gasteiger partial charge in [0.2, 0.25) is 5.91 Å². The van der Waals surface area contributed by atoms with Crippen LogP contribution in [0.15, 0.2) is 24.3 Å². The van der Waals surface area contributed by atoms with Crippen molar-refractivity contribution in [2.75, 3.05) is 25.6 Å². The standard InChI is InChI=1S/C15H22N2O2/c1-11(12-4-5-12)17(15(18)10-16-2)13-6-8-14(19-3)9-7-13/h6-9,11-12,16H,4-5,10H2,1-3H3. The highest BCUT2D eigenvalue weighted by Crippen LogP contribution is 2.37. The third kappa shape index (κ3) is 3.26. The van der Waals surface area contributed by atoms with Crippen LogP contribution in [0.1, 0.15) is 19.8 Å². The molecule has 1 amide bonds. The van der Waals surface area contributed by atoms with E-state index in [2.05, 4.69) is 12.2 Å². The van der Waals surface area contributed by atoms with Gasteiger partial charge in [0.25, 0.3) is 0 Å². The van der Waals surface area contributed by atoms with Gasteiger partial charge in [0.15, 0.2) is 0 Å². The lowest BCUT2D eigenvalue weighted by Gasteiger charge is -2.29. The Kier molecular flexibility index (Phi) is 4.43. The minimum Gasteiger partial charge on any atom is -0.497 e. The molecule has 0 radical (unpaired) electrons. The van der Waals surface area contributed by atoms with Crippen molar-refractivity contribution in [2.24, 2.45) is 5.92 Å². The van der Waals surface area contributed by atoms with Gasteiger partial charge >= 0.3 is 0 Å². The second kappa shape index (κ2) is 6.06. The number of nitrogens with zero attached hydrogens (tertiary/aromatic N) is 1. The zero-order valence-corrected chi connectivity index (χ0v) is 11.8. The van der Waals surface area contributed by atoms with E-state index >= 15 is 0 Å². The molecule has 1 aromatic rings. The first kappa shape index (κ1) is 13.9. The summed E-state index contributed by atoms with van der Waals surface area (Å²) in [5.41, 5.74) is 0.945. The molecular formula is C15H22N2O2. The number of likely N-dealkylation sites (N-methyl/N-ethyl adjacent to an activating group) is 1. The normalized spacial score (nSPS) is 15.9. The summed E-state index contributed by atoms with van der Waals surface area (Å²) >= 11 is 0. The molecule has 4 heteroatoms. The smallest absolute Gasteiger partial charge is 0.241 e. The molecule has 0 aromatic heterocycles. The van der Waals surface area contributed by atoms with Crippen LogP contribution in [0.3, 0.4) is 0 Å². The monoisotopic (exact) mass is 262 g/mol. The van der Waals surface area contributed by atoms with Gasteiger partial charge in [0, 0.05) is 11.7 Å². The first-order chi connectivity index (χ1) is 9.17. The van der Waals surface area contributed by atoms with Crippen LogP contribution in [-0.4, -0.2) is 32.7 Å². The molecule has 1 saturated carbocycles. The van der Waals surface area contributed by atoms with Crippen molar-refractivity contribution in [3.63, 3.8) is 0 Å². The number of nitrogens with one attached hydrogen (secondary N) is 1. The molecule has 1 unspecified atom stereocenters. The number of carbonyl (C=O) groups is 1. The van der Waals surface area contributed by atoms with E-state index in [1.165, 1.54) is 12.8 Å². The van der Waals surface area contributed by atoms with Crippen molar-refractivity contribution in [1.29, 1.82) is 0 Å². The van der Waals surface area contributed by atoms with Crippen LogP contribution in [0.5, 0.6) is 5.75 Å². The number of rotatable bonds is 6. The van der Waals surface area contributed by atoms with Crippen LogP contribution in [-0.2, 0) is 4.79 Å². The molecule has 1 N–H and O–H groups in total. The van der Waals surface area contributed by atoms with Crippen LogP contribution in [0.2, 0.25) is 0 Å². The highest BCUT2D eigenvalue weighted by Gasteiger charge is 2.34. The van der Waals surface area contributed by atoms with E-state index in [0.29, 0.717) is 12.5 Å². The van der Waals surface area contributed by atoms with Gasteiger partial charge in [0.05, 0.1) is 13.7 Å². The topological polar surface area (TPSA) is 41.6 Å². The quantitative estimate of drug-likeness (QED) is 0.853. The fraction of sp³-hybridized carbons (Fsp3) is 0.533. The zero-order chi connectivity index (χ0) is 13.8. The molecule has 2 rings (SSSR count). The number of carbonyl (C=O) groups excluding carboxylic acids is 1. The van der Waals surface area contributed by atoms with Crippen LogP contribution < -0.4 is 15.0 Å². The lowest BCUT2D eigenvalue weighted by Crippen LogP contribution is -2.44. The molecule has 0 spiro atoms. The van der Waals surface area contributed by atoms with Crippen molar-refractivity contribution in [1.82, 2.24) is 5.32 Å².